The molecule has 11 nitrogen and oxygen atoms in total. The molecule has 0 fully saturated rings. The third-order valence-corrected chi connectivity index (χ3v) is 8.45. The first-order valence-electron chi connectivity index (χ1n) is 13.4. The van der Waals surface area contributed by atoms with Crippen molar-refractivity contribution in [2.24, 2.45) is 20.5 Å². The van der Waals surface area contributed by atoms with E-state index in [2.05, 4.69) is 20.5 Å². The molecule has 0 spiro atoms. The Labute approximate surface area is 254 Å². The summed E-state index contributed by atoms with van der Waals surface area (Å²) < 4.78 is 67.0. The molecular weight excluding hydrogens is 603 g/mol. The average molecular weight is 630 g/mol. The molecule has 5 aromatic rings. The van der Waals surface area contributed by atoms with Crippen molar-refractivity contribution in [1.82, 2.24) is 0 Å². The Morgan fingerprint density at radius 3 is 1.82 bits per heavy atom. The lowest BCUT2D eigenvalue weighted by molar-refractivity contribution is 0.481. The fraction of sp³-hybridized carbons (Fsp3) is 0.0968. The van der Waals surface area contributed by atoms with Crippen LogP contribution in [-0.2, 0) is 26.8 Å². The summed E-state index contributed by atoms with van der Waals surface area (Å²) in [6.45, 7) is 3.10. The smallest absolute Gasteiger partial charge is 0.296 e. The first kappa shape index (κ1) is 30.6. The van der Waals surface area contributed by atoms with E-state index < -0.39 is 20.2 Å². The van der Waals surface area contributed by atoms with Crippen LogP contribution in [0.5, 0.6) is 0 Å². The Hall–Kier alpha value is -4.82. The van der Waals surface area contributed by atoms with E-state index in [1.165, 1.54) is 30.3 Å². The fourth-order valence-corrected chi connectivity index (χ4v) is 5.71. The van der Waals surface area contributed by atoms with Gasteiger partial charge in [0.1, 0.15) is 10.6 Å². The normalized spacial score (nSPS) is 12.3. The van der Waals surface area contributed by atoms with Crippen molar-refractivity contribution in [3.8, 4) is 0 Å². The van der Waals surface area contributed by atoms with E-state index in [-0.39, 0.29) is 21.2 Å². The number of fused-ring (bicyclic) bond motifs is 1. The summed E-state index contributed by atoms with van der Waals surface area (Å²) >= 11 is 0. The molecule has 224 valence electrons. The molecule has 0 saturated heterocycles. The van der Waals surface area contributed by atoms with Crippen LogP contribution in [0, 0.1) is 0 Å². The van der Waals surface area contributed by atoms with Crippen LogP contribution in [-0.4, -0.2) is 32.5 Å². The highest BCUT2D eigenvalue weighted by molar-refractivity contribution is 7.86. The maximum Gasteiger partial charge on any atom is 0.296 e. The summed E-state index contributed by atoms with van der Waals surface area (Å²) in [6, 6.07) is 30.2. The Bertz CT molecular complexity index is 2100. The lowest BCUT2D eigenvalue weighted by Gasteiger charge is -2.24. The van der Waals surface area contributed by atoms with Gasteiger partial charge in [-0.2, -0.15) is 21.9 Å². The van der Waals surface area contributed by atoms with Crippen molar-refractivity contribution in [3.05, 3.63) is 115 Å². The van der Waals surface area contributed by atoms with E-state index in [0.29, 0.717) is 40.9 Å². The molecule has 0 heterocycles. The van der Waals surface area contributed by atoms with Crippen LogP contribution in [0.2, 0.25) is 0 Å². The molecule has 0 amide bonds. The minimum atomic E-state index is -4.63. The molecule has 13 heteroatoms. The van der Waals surface area contributed by atoms with E-state index in [9.17, 15) is 25.9 Å². The predicted molar refractivity (Wildman–Crippen MR) is 168 cm³/mol. The molecule has 0 aliphatic heterocycles. The maximum atomic E-state index is 12.4. The van der Waals surface area contributed by atoms with Gasteiger partial charge in [0, 0.05) is 29.5 Å². The molecule has 0 aliphatic rings. The van der Waals surface area contributed by atoms with Gasteiger partial charge in [-0.25, -0.2) is 0 Å². The van der Waals surface area contributed by atoms with Crippen molar-refractivity contribution in [1.29, 1.82) is 0 Å². The van der Waals surface area contributed by atoms with Crippen molar-refractivity contribution in [2.75, 3.05) is 11.4 Å². The zero-order valence-electron chi connectivity index (χ0n) is 23.4. The molecule has 0 unspecified atom stereocenters. The number of nitrogens with zero attached hydrogens (tertiary/aromatic N) is 5. The molecule has 5 aromatic carbocycles. The van der Waals surface area contributed by atoms with Crippen LogP contribution < -0.4 is 4.90 Å². The highest BCUT2D eigenvalue weighted by Crippen LogP contribution is 2.37. The van der Waals surface area contributed by atoms with Crippen LogP contribution in [0.15, 0.2) is 139 Å². The number of hydrogen-bond donors (Lipinski definition) is 2. The van der Waals surface area contributed by atoms with E-state index in [4.69, 9.17) is 0 Å². The zero-order valence-corrected chi connectivity index (χ0v) is 25.0. The Morgan fingerprint density at radius 1 is 0.614 bits per heavy atom. The predicted octanol–water partition coefficient (Wildman–Crippen LogP) is 8.19. The number of anilines is 1. The molecule has 5 rings (SSSR count). The number of rotatable bonds is 10. The minimum absolute atomic E-state index is 0.0291. The molecule has 0 saturated carbocycles. The highest BCUT2D eigenvalue weighted by Gasteiger charge is 2.19. The quantitative estimate of drug-likeness (QED) is 0.116. The molecule has 0 radical (unpaired) electrons. The van der Waals surface area contributed by atoms with Gasteiger partial charge in [-0.15, -0.1) is 15.3 Å². The summed E-state index contributed by atoms with van der Waals surface area (Å²) in [4.78, 5) is 1.31. The number of azo groups is 2. The summed E-state index contributed by atoms with van der Waals surface area (Å²) in [6.07, 6.45) is 0. The van der Waals surface area contributed by atoms with Gasteiger partial charge in [-0.1, -0.05) is 60.7 Å². The van der Waals surface area contributed by atoms with Gasteiger partial charge >= 0.3 is 0 Å². The van der Waals surface area contributed by atoms with Crippen molar-refractivity contribution < 1.29 is 25.9 Å². The van der Waals surface area contributed by atoms with Crippen molar-refractivity contribution in [2.45, 2.75) is 23.3 Å². The fourth-order valence-electron chi connectivity index (χ4n) is 4.55. The van der Waals surface area contributed by atoms with Crippen molar-refractivity contribution >= 4 is 59.4 Å². The Kier molecular flexibility index (Phi) is 8.92. The highest BCUT2D eigenvalue weighted by atomic mass is 32.2. The van der Waals surface area contributed by atoms with E-state index in [1.807, 2.05) is 42.2 Å². The third-order valence-electron chi connectivity index (χ3n) is 6.72. The zero-order chi connectivity index (χ0) is 31.3. The number of benzene rings is 5. The van der Waals surface area contributed by atoms with Gasteiger partial charge in [0.05, 0.1) is 22.0 Å². The molecule has 0 atom stereocenters. The molecule has 0 aromatic heterocycles. The minimum Gasteiger partial charge on any atom is -0.367 e. The van der Waals surface area contributed by atoms with Gasteiger partial charge in [0.25, 0.3) is 20.2 Å². The SMILES string of the molecule is CCN(Cc1ccccc1)c1ccc(N=Nc2ccc(N=Nc3cccc(S(=O)(=O)O)c3)c3ccccc23)c(S(=O)(=O)O)c1. The van der Waals surface area contributed by atoms with Gasteiger partial charge in [0.15, 0.2) is 0 Å². The second kappa shape index (κ2) is 12.8. The van der Waals surface area contributed by atoms with Crippen molar-refractivity contribution in [3.63, 3.8) is 0 Å². The molecule has 0 aliphatic carbocycles. The molecule has 2 N–H and O–H groups in total. The van der Waals surface area contributed by atoms with Crippen LogP contribution in [0.1, 0.15) is 12.5 Å². The van der Waals surface area contributed by atoms with E-state index in [0.717, 1.165) is 5.56 Å². The second-order valence-electron chi connectivity index (χ2n) is 9.65. The average Bonchev–Trinajstić information content (AvgIpc) is 3.01. The third kappa shape index (κ3) is 7.21. The van der Waals surface area contributed by atoms with Gasteiger partial charge in [-0.3, -0.25) is 9.11 Å². The Morgan fingerprint density at radius 2 is 1.20 bits per heavy atom. The lowest BCUT2D eigenvalue weighted by atomic mass is 10.1. The first-order valence-corrected chi connectivity index (χ1v) is 16.2. The van der Waals surface area contributed by atoms with Crippen LogP contribution in [0.4, 0.5) is 28.4 Å². The van der Waals surface area contributed by atoms with Crippen LogP contribution in [0.25, 0.3) is 10.8 Å². The first-order chi connectivity index (χ1) is 21.0. The lowest BCUT2D eigenvalue weighted by Crippen LogP contribution is -2.22. The summed E-state index contributed by atoms with van der Waals surface area (Å²) in [5, 5.41) is 18.2. The van der Waals surface area contributed by atoms with Crippen LogP contribution >= 0.6 is 0 Å². The monoisotopic (exact) mass is 629 g/mol. The molecule has 0 bridgehead atoms. The molecular formula is C31H27N5O6S2. The van der Waals surface area contributed by atoms with Gasteiger partial charge in [0.2, 0.25) is 0 Å². The largest absolute Gasteiger partial charge is 0.367 e. The Balaban J connectivity index is 1.47. The number of hydrogen-bond acceptors (Lipinski definition) is 9. The molecule has 44 heavy (non-hydrogen) atoms. The van der Waals surface area contributed by atoms with E-state index in [1.54, 1.807) is 48.5 Å². The standard InChI is InChI=1S/C31H27N5O6S2/c1-2-36(21-22-9-4-3-5-10-22)24-15-16-30(31(20-24)44(40,41)42)35-34-29-18-17-28(26-13-6-7-14-27(26)29)33-32-23-11-8-12-25(19-23)43(37,38)39/h3-20H,2,21H2,1H3,(H,37,38,39)(H,40,41,42). The maximum absolute atomic E-state index is 12.4. The van der Waals surface area contributed by atoms with Crippen LogP contribution in [0.3, 0.4) is 0 Å². The summed E-state index contributed by atoms with van der Waals surface area (Å²) in [5.74, 6) is 0. The topological polar surface area (TPSA) is 161 Å². The summed E-state index contributed by atoms with van der Waals surface area (Å²) in [7, 11) is -9.02. The summed E-state index contributed by atoms with van der Waals surface area (Å²) in [5.41, 5.74) is 2.71. The van der Waals surface area contributed by atoms with Gasteiger partial charge in [-0.05, 0) is 61.0 Å². The van der Waals surface area contributed by atoms with Gasteiger partial charge < -0.3 is 4.90 Å². The second-order valence-corrected chi connectivity index (χ2v) is 12.5. The van der Waals surface area contributed by atoms with E-state index >= 15 is 0 Å².